The molecule has 0 aromatic heterocycles. The Hall–Kier alpha value is -2.43. The Morgan fingerprint density at radius 3 is 2.56 bits per heavy atom. The summed E-state index contributed by atoms with van der Waals surface area (Å²) >= 11 is 6.02. The molecule has 0 aliphatic rings. The average molecular weight is 388 g/mol. The molecule has 3 aromatic carbocycles. The first-order valence-corrected chi connectivity index (χ1v) is 9.09. The first-order chi connectivity index (χ1) is 13.1. The molecule has 0 heterocycles. The van der Waals surface area contributed by atoms with Crippen molar-refractivity contribution in [2.24, 2.45) is 0 Å². The topological polar surface area (TPSA) is 21.3 Å². The summed E-state index contributed by atoms with van der Waals surface area (Å²) in [5, 5.41) is 3.66. The second-order valence-corrected chi connectivity index (χ2v) is 6.60. The molecule has 0 atom stereocenters. The Morgan fingerprint density at radius 1 is 0.889 bits per heavy atom. The van der Waals surface area contributed by atoms with Gasteiger partial charge < -0.3 is 10.1 Å². The predicted molar refractivity (Wildman–Crippen MR) is 104 cm³/mol. The number of rotatable bonds is 8. The number of halogens is 3. The van der Waals surface area contributed by atoms with E-state index in [-0.39, 0.29) is 18.2 Å². The Kier molecular flexibility index (Phi) is 6.80. The summed E-state index contributed by atoms with van der Waals surface area (Å²) in [6.07, 6.45) is 0.631. The van der Waals surface area contributed by atoms with Crippen LogP contribution in [0, 0.1) is 11.6 Å². The summed E-state index contributed by atoms with van der Waals surface area (Å²) in [4.78, 5) is 0. The van der Waals surface area contributed by atoms with Crippen LogP contribution < -0.4 is 10.1 Å². The van der Waals surface area contributed by atoms with Crippen molar-refractivity contribution in [2.75, 3.05) is 6.54 Å². The van der Waals surface area contributed by atoms with Crippen molar-refractivity contribution in [3.8, 4) is 5.75 Å². The van der Waals surface area contributed by atoms with Crippen LogP contribution in [0.5, 0.6) is 5.75 Å². The lowest BCUT2D eigenvalue weighted by Crippen LogP contribution is -2.17. The summed E-state index contributed by atoms with van der Waals surface area (Å²) in [6.45, 7) is 1.60. The molecule has 0 amide bonds. The van der Waals surface area contributed by atoms with E-state index in [0.29, 0.717) is 35.8 Å². The molecule has 27 heavy (non-hydrogen) atoms. The highest BCUT2D eigenvalue weighted by Gasteiger charge is 2.04. The maximum Gasteiger partial charge on any atom is 0.126 e. The highest BCUT2D eigenvalue weighted by atomic mass is 35.5. The molecule has 5 heteroatoms. The number of benzene rings is 3. The third-order valence-corrected chi connectivity index (χ3v) is 4.52. The van der Waals surface area contributed by atoms with E-state index >= 15 is 0 Å². The van der Waals surface area contributed by atoms with Crippen molar-refractivity contribution >= 4 is 11.6 Å². The van der Waals surface area contributed by atoms with Gasteiger partial charge in [-0.2, -0.15) is 0 Å². The molecule has 0 radical (unpaired) electrons. The number of hydrogen-bond acceptors (Lipinski definition) is 2. The van der Waals surface area contributed by atoms with Crippen LogP contribution in [-0.2, 0) is 19.6 Å². The Morgan fingerprint density at radius 2 is 1.74 bits per heavy atom. The highest BCUT2D eigenvalue weighted by Crippen LogP contribution is 2.20. The Bertz CT molecular complexity index is 901. The lowest BCUT2D eigenvalue weighted by molar-refractivity contribution is 0.306. The highest BCUT2D eigenvalue weighted by molar-refractivity contribution is 6.31. The predicted octanol–water partition coefficient (Wildman–Crippen LogP) is 5.53. The summed E-state index contributed by atoms with van der Waals surface area (Å²) in [5.74, 6) is 0.171. The lowest BCUT2D eigenvalue weighted by atomic mass is 10.1. The molecule has 140 valence electrons. The van der Waals surface area contributed by atoms with Crippen LogP contribution in [0.1, 0.15) is 16.7 Å². The smallest absolute Gasteiger partial charge is 0.126 e. The van der Waals surface area contributed by atoms with Crippen molar-refractivity contribution in [3.05, 3.63) is 100 Å². The van der Waals surface area contributed by atoms with Crippen molar-refractivity contribution < 1.29 is 13.5 Å². The van der Waals surface area contributed by atoms with Gasteiger partial charge in [0, 0.05) is 12.1 Å². The van der Waals surface area contributed by atoms with Crippen LogP contribution >= 0.6 is 11.6 Å². The number of ether oxygens (including phenoxy) is 1. The van der Waals surface area contributed by atoms with Crippen LogP contribution in [0.3, 0.4) is 0 Å². The van der Waals surface area contributed by atoms with E-state index < -0.39 is 0 Å². The van der Waals surface area contributed by atoms with E-state index in [9.17, 15) is 8.78 Å². The maximum absolute atomic E-state index is 13.6. The van der Waals surface area contributed by atoms with E-state index in [0.717, 1.165) is 11.1 Å². The van der Waals surface area contributed by atoms with Gasteiger partial charge in [-0.05, 0) is 54.4 Å². The first kappa shape index (κ1) is 19.3. The fraction of sp³-hybridized carbons (Fsp3) is 0.182. The largest absolute Gasteiger partial charge is 0.489 e. The van der Waals surface area contributed by atoms with Crippen molar-refractivity contribution in [2.45, 2.75) is 19.6 Å². The van der Waals surface area contributed by atoms with Crippen molar-refractivity contribution in [1.82, 2.24) is 5.32 Å². The van der Waals surface area contributed by atoms with Crippen LogP contribution in [0.4, 0.5) is 8.78 Å². The SMILES string of the molecule is Fc1ccc(COc2cccc(CNCCc3ccccc3F)c2)c(Cl)c1. The normalized spacial score (nSPS) is 10.8. The molecule has 0 fully saturated rings. The Labute approximate surface area is 162 Å². The molecule has 0 spiro atoms. The van der Waals surface area contributed by atoms with Crippen LogP contribution in [0.2, 0.25) is 5.02 Å². The fourth-order valence-electron chi connectivity index (χ4n) is 2.70. The molecule has 3 aromatic rings. The van der Waals surface area contributed by atoms with Gasteiger partial charge in [-0.15, -0.1) is 0 Å². The fourth-order valence-corrected chi connectivity index (χ4v) is 2.92. The summed E-state index contributed by atoms with van der Waals surface area (Å²) in [7, 11) is 0. The zero-order valence-electron chi connectivity index (χ0n) is 14.7. The maximum atomic E-state index is 13.6. The molecule has 0 aliphatic carbocycles. The van der Waals surface area contributed by atoms with Gasteiger partial charge in [0.15, 0.2) is 0 Å². The van der Waals surface area contributed by atoms with E-state index in [1.807, 2.05) is 30.3 Å². The summed E-state index contributed by atoms with van der Waals surface area (Å²) in [5.41, 5.74) is 2.50. The molecule has 1 N–H and O–H groups in total. The third-order valence-electron chi connectivity index (χ3n) is 4.17. The van der Waals surface area contributed by atoms with Crippen molar-refractivity contribution in [3.63, 3.8) is 0 Å². The van der Waals surface area contributed by atoms with Gasteiger partial charge >= 0.3 is 0 Å². The van der Waals surface area contributed by atoms with Gasteiger partial charge in [-0.1, -0.05) is 48.0 Å². The molecule has 2 nitrogen and oxygen atoms in total. The minimum absolute atomic E-state index is 0.172. The van der Waals surface area contributed by atoms with Crippen LogP contribution in [-0.4, -0.2) is 6.54 Å². The number of hydrogen-bond donors (Lipinski definition) is 1. The molecule has 3 rings (SSSR count). The lowest BCUT2D eigenvalue weighted by Gasteiger charge is -2.10. The van der Waals surface area contributed by atoms with Gasteiger partial charge in [0.25, 0.3) is 0 Å². The minimum Gasteiger partial charge on any atom is -0.489 e. The summed E-state index contributed by atoms with van der Waals surface area (Å²) < 4.78 is 32.4. The standard InChI is InChI=1S/C22H20ClF2NO/c23-21-13-19(24)9-8-18(21)15-27-20-6-3-4-16(12-20)14-26-11-10-17-5-1-2-7-22(17)25/h1-9,12-13,26H,10-11,14-15H2. The zero-order chi connectivity index (χ0) is 19.1. The third kappa shape index (κ3) is 5.78. The van der Waals surface area contributed by atoms with Gasteiger partial charge in [0.1, 0.15) is 24.0 Å². The van der Waals surface area contributed by atoms with Gasteiger partial charge in [-0.3, -0.25) is 0 Å². The molecule has 0 saturated carbocycles. The van der Waals surface area contributed by atoms with E-state index in [4.69, 9.17) is 16.3 Å². The summed E-state index contributed by atoms with van der Waals surface area (Å²) in [6, 6.07) is 18.8. The molecule has 0 bridgehead atoms. The zero-order valence-corrected chi connectivity index (χ0v) is 15.5. The molecule has 0 aliphatic heterocycles. The first-order valence-electron chi connectivity index (χ1n) is 8.71. The quantitative estimate of drug-likeness (QED) is 0.513. The molecule has 0 unspecified atom stereocenters. The van der Waals surface area contributed by atoms with Crippen LogP contribution in [0.15, 0.2) is 66.7 Å². The second-order valence-electron chi connectivity index (χ2n) is 6.19. The van der Waals surface area contributed by atoms with E-state index in [1.54, 1.807) is 18.2 Å². The Balaban J connectivity index is 1.49. The van der Waals surface area contributed by atoms with Gasteiger partial charge in [0.05, 0.1) is 5.02 Å². The van der Waals surface area contributed by atoms with Gasteiger partial charge in [0.2, 0.25) is 0 Å². The number of nitrogens with one attached hydrogen (secondary N) is 1. The van der Waals surface area contributed by atoms with Crippen molar-refractivity contribution in [1.29, 1.82) is 0 Å². The molecular formula is C22H20ClF2NO. The monoisotopic (exact) mass is 387 g/mol. The average Bonchev–Trinajstić information content (AvgIpc) is 2.66. The molecule has 0 saturated heterocycles. The van der Waals surface area contributed by atoms with Crippen LogP contribution in [0.25, 0.3) is 0 Å². The molecular weight excluding hydrogens is 368 g/mol. The van der Waals surface area contributed by atoms with E-state index in [1.165, 1.54) is 18.2 Å². The minimum atomic E-state index is -0.368. The second kappa shape index (κ2) is 9.49. The van der Waals surface area contributed by atoms with Gasteiger partial charge in [-0.25, -0.2) is 8.78 Å². The van der Waals surface area contributed by atoms with E-state index in [2.05, 4.69) is 5.32 Å².